The number of carbonyl (C=O) groups excluding carboxylic acids is 2. The first-order chi connectivity index (χ1) is 7.65. The topological polar surface area (TPSA) is 43.4 Å². The zero-order valence-electron chi connectivity index (χ0n) is 9.66. The highest BCUT2D eigenvalue weighted by molar-refractivity contribution is 6.09. The molecule has 3 nitrogen and oxygen atoms in total. The van der Waals surface area contributed by atoms with Crippen molar-refractivity contribution in [3.05, 3.63) is 35.6 Å². The molecule has 0 saturated carbocycles. The van der Waals surface area contributed by atoms with E-state index < -0.39 is 0 Å². The lowest BCUT2D eigenvalue weighted by Gasteiger charge is -2.11. The van der Waals surface area contributed by atoms with Gasteiger partial charge in [0.1, 0.15) is 5.78 Å². The van der Waals surface area contributed by atoms with Crippen LogP contribution in [-0.4, -0.2) is 18.2 Å². The summed E-state index contributed by atoms with van der Waals surface area (Å²) in [6.45, 7) is 3.88. The number of hydrogen-bond donors (Lipinski definition) is 0. The molecule has 0 aromatic carbocycles. The Morgan fingerprint density at radius 2 is 2.25 bits per heavy atom. The summed E-state index contributed by atoms with van der Waals surface area (Å²) in [5.74, 6) is -0.251. The van der Waals surface area contributed by atoms with Gasteiger partial charge < -0.3 is 4.74 Å². The van der Waals surface area contributed by atoms with Gasteiger partial charge >= 0.3 is 0 Å². The van der Waals surface area contributed by atoms with Crippen molar-refractivity contribution >= 4 is 11.6 Å². The number of ketones is 2. The Bertz CT molecular complexity index is 373. The summed E-state index contributed by atoms with van der Waals surface area (Å²) in [6.07, 6.45) is 7.76. The van der Waals surface area contributed by atoms with Crippen molar-refractivity contribution in [2.24, 2.45) is 0 Å². The van der Waals surface area contributed by atoms with Gasteiger partial charge in [0.15, 0.2) is 5.78 Å². The molecule has 1 aliphatic rings. The second-order valence-electron chi connectivity index (χ2n) is 3.61. The minimum atomic E-state index is -0.136. The van der Waals surface area contributed by atoms with Crippen molar-refractivity contribution in [1.82, 2.24) is 0 Å². The van der Waals surface area contributed by atoms with Crippen molar-refractivity contribution < 1.29 is 14.3 Å². The van der Waals surface area contributed by atoms with Crippen LogP contribution in [0.3, 0.4) is 0 Å². The molecule has 0 unspecified atom stereocenters. The quantitative estimate of drug-likeness (QED) is 0.527. The van der Waals surface area contributed by atoms with E-state index in [2.05, 4.69) is 0 Å². The summed E-state index contributed by atoms with van der Waals surface area (Å²) in [7, 11) is 0. The first-order valence-corrected chi connectivity index (χ1v) is 5.35. The van der Waals surface area contributed by atoms with Crippen LogP contribution in [0, 0.1) is 0 Å². The summed E-state index contributed by atoms with van der Waals surface area (Å²) >= 11 is 0. The molecule has 0 saturated heterocycles. The van der Waals surface area contributed by atoms with E-state index in [1.54, 1.807) is 12.3 Å². The number of ether oxygens (including phenoxy) is 1. The summed E-state index contributed by atoms with van der Waals surface area (Å²) in [6, 6.07) is 0. The SMILES string of the molecule is CCOC=C1CC=CC=C1C(=O)CC(C)=O. The van der Waals surface area contributed by atoms with Crippen LogP contribution in [0.15, 0.2) is 35.6 Å². The average Bonchev–Trinajstić information content (AvgIpc) is 2.25. The van der Waals surface area contributed by atoms with E-state index in [1.165, 1.54) is 6.92 Å². The van der Waals surface area contributed by atoms with E-state index >= 15 is 0 Å². The Morgan fingerprint density at radius 1 is 1.50 bits per heavy atom. The van der Waals surface area contributed by atoms with Crippen LogP contribution in [0.2, 0.25) is 0 Å². The van der Waals surface area contributed by atoms with Gasteiger partial charge in [-0.05, 0) is 20.3 Å². The number of rotatable bonds is 5. The third kappa shape index (κ3) is 3.50. The summed E-state index contributed by atoms with van der Waals surface area (Å²) < 4.78 is 5.18. The highest BCUT2D eigenvalue weighted by Crippen LogP contribution is 2.21. The highest BCUT2D eigenvalue weighted by Gasteiger charge is 2.16. The first-order valence-electron chi connectivity index (χ1n) is 5.35. The zero-order chi connectivity index (χ0) is 12.0. The maximum Gasteiger partial charge on any atom is 0.170 e. The van der Waals surface area contributed by atoms with Crippen molar-refractivity contribution in [2.75, 3.05) is 6.61 Å². The predicted molar refractivity (Wildman–Crippen MR) is 61.9 cm³/mol. The lowest BCUT2D eigenvalue weighted by molar-refractivity contribution is -0.123. The fourth-order valence-electron chi connectivity index (χ4n) is 1.47. The lowest BCUT2D eigenvalue weighted by Crippen LogP contribution is -2.11. The van der Waals surface area contributed by atoms with Crippen LogP contribution in [0.1, 0.15) is 26.7 Å². The second-order valence-corrected chi connectivity index (χ2v) is 3.61. The van der Waals surface area contributed by atoms with Gasteiger partial charge in [-0.2, -0.15) is 0 Å². The molecule has 0 N–H and O–H groups in total. The fourth-order valence-corrected chi connectivity index (χ4v) is 1.47. The summed E-state index contributed by atoms with van der Waals surface area (Å²) in [5, 5.41) is 0. The van der Waals surface area contributed by atoms with Crippen molar-refractivity contribution in [3.63, 3.8) is 0 Å². The number of carbonyl (C=O) groups is 2. The molecule has 0 aliphatic heterocycles. The Kier molecular flexibility index (Phi) is 4.70. The van der Waals surface area contributed by atoms with Gasteiger partial charge in [0.05, 0.1) is 19.3 Å². The molecule has 0 bridgehead atoms. The molecule has 0 heterocycles. The molecule has 0 aromatic heterocycles. The molecule has 16 heavy (non-hydrogen) atoms. The van der Waals surface area contributed by atoms with Crippen LogP contribution in [-0.2, 0) is 14.3 Å². The average molecular weight is 220 g/mol. The lowest BCUT2D eigenvalue weighted by atomic mass is 9.94. The second kappa shape index (κ2) is 6.05. The maximum absolute atomic E-state index is 11.8. The third-order valence-electron chi connectivity index (χ3n) is 2.18. The van der Waals surface area contributed by atoms with E-state index in [0.717, 1.165) is 5.57 Å². The molecule has 0 atom stereocenters. The van der Waals surface area contributed by atoms with E-state index in [1.807, 2.05) is 19.1 Å². The third-order valence-corrected chi connectivity index (χ3v) is 2.18. The fraction of sp³-hybridized carbons (Fsp3) is 0.385. The van der Waals surface area contributed by atoms with Crippen LogP contribution in [0.5, 0.6) is 0 Å². The van der Waals surface area contributed by atoms with Crippen LogP contribution < -0.4 is 0 Å². The normalized spacial score (nSPS) is 17.1. The molecular weight excluding hydrogens is 204 g/mol. The Hall–Kier alpha value is -1.64. The van der Waals surface area contributed by atoms with Crippen LogP contribution >= 0.6 is 0 Å². The van der Waals surface area contributed by atoms with Crippen LogP contribution in [0.25, 0.3) is 0 Å². The first kappa shape index (κ1) is 12.4. The van der Waals surface area contributed by atoms with E-state index in [0.29, 0.717) is 18.6 Å². The van der Waals surface area contributed by atoms with Gasteiger partial charge in [0.25, 0.3) is 0 Å². The van der Waals surface area contributed by atoms with Gasteiger partial charge in [-0.25, -0.2) is 0 Å². The van der Waals surface area contributed by atoms with Crippen molar-refractivity contribution in [2.45, 2.75) is 26.7 Å². The monoisotopic (exact) mass is 220 g/mol. The molecule has 0 spiro atoms. The van der Waals surface area contributed by atoms with E-state index in [4.69, 9.17) is 4.74 Å². The van der Waals surface area contributed by atoms with Gasteiger partial charge in [-0.15, -0.1) is 0 Å². The Labute approximate surface area is 95.5 Å². The molecular formula is C13H16O3. The molecule has 0 fully saturated rings. The van der Waals surface area contributed by atoms with Crippen LogP contribution in [0.4, 0.5) is 0 Å². The number of hydrogen-bond acceptors (Lipinski definition) is 3. The molecule has 0 amide bonds. The molecule has 86 valence electrons. The number of Topliss-reactive ketones (excluding diaryl/α,β-unsaturated/α-hetero) is 2. The van der Waals surface area contributed by atoms with Crippen molar-refractivity contribution in [3.8, 4) is 0 Å². The molecule has 1 aliphatic carbocycles. The predicted octanol–water partition coefficient (Wildman–Crippen LogP) is 2.34. The Balaban J connectivity index is 2.81. The zero-order valence-corrected chi connectivity index (χ0v) is 9.66. The van der Waals surface area contributed by atoms with Gasteiger partial charge in [0.2, 0.25) is 0 Å². The Morgan fingerprint density at radius 3 is 2.88 bits per heavy atom. The minimum Gasteiger partial charge on any atom is -0.501 e. The molecule has 0 radical (unpaired) electrons. The van der Waals surface area contributed by atoms with Gasteiger partial charge in [-0.3, -0.25) is 9.59 Å². The van der Waals surface area contributed by atoms with E-state index in [-0.39, 0.29) is 18.0 Å². The van der Waals surface area contributed by atoms with E-state index in [9.17, 15) is 9.59 Å². The summed E-state index contributed by atoms with van der Waals surface area (Å²) in [4.78, 5) is 22.7. The summed E-state index contributed by atoms with van der Waals surface area (Å²) in [5.41, 5.74) is 1.43. The minimum absolute atomic E-state index is 0.0386. The standard InChI is InChI=1S/C13H16O3/c1-3-16-9-11-6-4-5-7-12(11)13(15)8-10(2)14/h4-5,7,9H,3,6,8H2,1-2H3. The largest absolute Gasteiger partial charge is 0.501 e. The number of allylic oxidation sites excluding steroid dienone is 5. The smallest absolute Gasteiger partial charge is 0.170 e. The van der Waals surface area contributed by atoms with Crippen molar-refractivity contribution in [1.29, 1.82) is 0 Å². The maximum atomic E-state index is 11.8. The van der Waals surface area contributed by atoms with Gasteiger partial charge in [-0.1, -0.05) is 18.2 Å². The molecule has 3 heteroatoms. The van der Waals surface area contributed by atoms with Gasteiger partial charge in [0, 0.05) is 11.1 Å². The molecule has 1 rings (SSSR count). The molecule has 0 aromatic rings. The highest BCUT2D eigenvalue weighted by atomic mass is 16.5.